The van der Waals surface area contributed by atoms with Crippen LogP contribution < -0.4 is 0 Å². The monoisotopic (exact) mass is 420 g/mol. The van der Waals surface area contributed by atoms with Crippen molar-refractivity contribution in [3.63, 3.8) is 0 Å². The van der Waals surface area contributed by atoms with Crippen LogP contribution in [-0.4, -0.2) is 59.6 Å². The van der Waals surface area contributed by atoms with E-state index in [1.54, 1.807) is 13.0 Å². The molecule has 1 heterocycles. The Balaban J connectivity index is 2.35. The molecule has 30 heavy (non-hydrogen) atoms. The van der Waals surface area contributed by atoms with E-state index >= 15 is 0 Å². The van der Waals surface area contributed by atoms with Crippen molar-refractivity contribution >= 4 is 17.9 Å². The average Bonchev–Trinajstić information content (AvgIpc) is 2.95. The van der Waals surface area contributed by atoms with E-state index in [2.05, 4.69) is 6.58 Å². The third-order valence-corrected chi connectivity index (χ3v) is 5.12. The number of hydrogen-bond acceptors (Lipinski definition) is 8. The maximum absolute atomic E-state index is 12.7. The fraction of sp³-hybridized carbons (Fsp3) is 0.500. The highest BCUT2D eigenvalue weighted by atomic mass is 16.6. The molecule has 0 saturated carbocycles. The molecular formula is C22H28O8. The van der Waals surface area contributed by atoms with Crippen molar-refractivity contribution in [3.05, 3.63) is 47.1 Å². The molecule has 0 amide bonds. The van der Waals surface area contributed by atoms with Crippen LogP contribution in [0.15, 0.2) is 47.1 Å². The molecule has 2 aliphatic rings. The van der Waals surface area contributed by atoms with Crippen molar-refractivity contribution in [3.8, 4) is 0 Å². The Morgan fingerprint density at radius 1 is 1.37 bits per heavy atom. The number of aliphatic hydroxyl groups excluding tert-OH is 2. The van der Waals surface area contributed by atoms with Gasteiger partial charge in [-0.2, -0.15) is 0 Å². The molecule has 0 spiro atoms. The van der Waals surface area contributed by atoms with E-state index in [0.29, 0.717) is 18.4 Å². The Morgan fingerprint density at radius 2 is 2.07 bits per heavy atom. The molecular weight excluding hydrogens is 392 g/mol. The first-order valence-electron chi connectivity index (χ1n) is 9.70. The first-order chi connectivity index (χ1) is 14.1. The van der Waals surface area contributed by atoms with E-state index in [4.69, 9.17) is 14.2 Å². The van der Waals surface area contributed by atoms with E-state index in [0.717, 1.165) is 5.57 Å². The summed E-state index contributed by atoms with van der Waals surface area (Å²) in [6.45, 7) is 7.82. The van der Waals surface area contributed by atoms with Gasteiger partial charge in [0, 0.05) is 18.9 Å². The highest BCUT2D eigenvalue weighted by Gasteiger charge is 2.44. The van der Waals surface area contributed by atoms with Crippen LogP contribution >= 0.6 is 0 Å². The highest BCUT2D eigenvalue weighted by molar-refractivity contribution is 5.92. The van der Waals surface area contributed by atoms with Crippen molar-refractivity contribution < 1.29 is 38.8 Å². The number of hydrogen-bond donors (Lipinski definition) is 2. The van der Waals surface area contributed by atoms with Gasteiger partial charge in [-0.1, -0.05) is 18.2 Å². The molecule has 4 atom stereocenters. The molecule has 1 fully saturated rings. The number of esters is 3. The fourth-order valence-electron chi connectivity index (χ4n) is 3.40. The fourth-order valence-corrected chi connectivity index (χ4v) is 3.40. The number of carbonyl (C=O) groups excluding carboxylic acids is 3. The van der Waals surface area contributed by atoms with Gasteiger partial charge in [0.2, 0.25) is 0 Å². The Kier molecular flexibility index (Phi) is 8.14. The number of carbonyl (C=O) groups is 3. The van der Waals surface area contributed by atoms with Crippen LogP contribution in [0, 0.1) is 5.92 Å². The zero-order valence-electron chi connectivity index (χ0n) is 17.4. The second-order valence-electron chi connectivity index (χ2n) is 7.47. The maximum Gasteiger partial charge on any atom is 0.337 e. The number of rotatable bonds is 5. The van der Waals surface area contributed by atoms with Gasteiger partial charge < -0.3 is 24.4 Å². The van der Waals surface area contributed by atoms with Crippen molar-refractivity contribution in [2.75, 3.05) is 13.2 Å². The summed E-state index contributed by atoms with van der Waals surface area (Å²) in [7, 11) is 0. The van der Waals surface area contributed by atoms with E-state index in [1.807, 2.05) is 13.0 Å². The smallest absolute Gasteiger partial charge is 0.337 e. The minimum Gasteiger partial charge on any atom is -0.461 e. The Hall–Kier alpha value is -2.71. The lowest BCUT2D eigenvalue weighted by Gasteiger charge is -2.28. The first-order valence-corrected chi connectivity index (χ1v) is 9.70. The summed E-state index contributed by atoms with van der Waals surface area (Å²) < 4.78 is 16.0. The lowest BCUT2D eigenvalue weighted by atomic mass is 9.85. The molecule has 1 aliphatic heterocycles. The van der Waals surface area contributed by atoms with Crippen molar-refractivity contribution in [1.82, 2.24) is 0 Å². The second kappa shape index (κ2) is 10.4. The van der Waals surface area contributed by atoms with E-state index in [9.17, 15) is 24.6 Å². The quantitative estimate of drug-likeness (QED) is 0.297. The van der Waals surface area contributed by atoms with Gasteiger partial charge in [-0.05, 0) is 38.0 Å². The minimum absolute atomic E-state index is 0.0130. The van der Waals surface area contributed by atoms with Gasteiger partial charge in [0.05, 0.1) is 24.2 Å². The Bertz CT molecular complexity index is 804. The largest absolute Gasteiger partial charge is 0.461 e. The Labute approximate surface area is 175 Å². The Morgan fingerprint density at radius 3 is 2.70 bits per heavy atom. The highest BCUT2D eigenvalue weighted by Crippen LogP contribution is 2.36. The van der Waals surface area contributed by atoms with Crippen molar-refractivity contribution in [2.24, 2.45) is 5.92 Å². The van der Waals surface area contributed by atoms with Gasteiger partial charge >= 0.3 is 17.9 Å². The molecule has 8 nitrogen and oxygen atoms in total. The summed E-state index contributed by atoms with van der Waals surface area (Å²) in [6, 6.07) is 0. The third-order valence-electron chi connectivity index (χ3n) is 5.12. The SMILES string of the molecule is C=C1C(=O)O[C@@H]2/C=C(\C)[C@H](O)C/C=C(\C)C[C@@H](OC(=O)/C(=C/CO)COC(C)=O)[C@@H]12. The lowest BCUT2D eigenvalue weighted by Crippen LogP contribution is -2.34. The van der Waals surface area contributed by atoms with Crippen molar-refractivity contribution in [2.45, 2.75) is 51.9 Å². The topological polar surface area (TPSA) is 119 Å². The zero-order valence-corrected chi connectivity index (χ0v) is 17.4. The summed E-state index contributed by atoms with van der Waals surface area (Å²) in [4.78, 5) is 36.0. The number of ether oxygens (including phenoxy) is 3. The molecule has 0 aromatic rings. The first kappa shape index (κ1) is 23.6. The second-order valence-corrected chi connectivity index (χ2v) is 7.47. The predicted molar refractivity (Wildman–Crippen MR) is 107 cm³/mol. The van der Waals surface area contributed by atoms with E-state index < -0.39 is 48.7 Å². The normalized spacial score (nSPS) is 30.9. The molecule has 0 aromatic carbocycles. The van der Waals surface area contributed by atoms with E-state index in [-0.39, 0.29) is 17.8 Å². The lowest BCUT2D eigenvalue weighted by molar-refractivity contribution is -0.149. The van der Waals surface area contributed by atoms with Crippen LogP contribution in [0.5, 0.6) is 0 Å². The molecule has 1 aliphatic carbocycles. The molecule has 0 radical (unpaired) electrons. The summed E-state index contributed by atoms with van der Waals surface area (Å²) in [5.74, 6) is -2.58. The van der Waals surface area contributed by atoms with E-state index in [1.165, 1.54) is 13.0 Å². The van der Waals surface area contributed by atoms with Gasteiger partial charge in [-0.15, -0.1) is 0 Å². The number of aliphatic hydroxyl groups is 2. The number of fused-ring (bicyclic) bond motifs is 1. The van der Waals surface area contributed by atoms with Gasteiger partial charge in [-0.3, -0.25) is 4.79 Å². The summed E-state index contributed by atoms with van der Waals surface area (Å²) >= 11 is 0. The van der Waals surface area contributed by atoms with Crippen LogP contribution in [-0.2, 0) is 28.6 Å². The molecule has 0 bridgehead atoms. The summed E-state index contributed by atoms with van der Waals surface area (Å²) in [6.07, 6.45) is 3.16. The molecule has 2 rings (SSSR count). The maximum atomic E-state index is 12.7. The molecule has 1 saturated heterocycles. The molecule has 164 valence electrons. The molecule has 2 N–H and O–H groups in total. The van der Waals surface area contributed by atoms with Gasteiger partial charge in [0.25, 0.3) is 0 Å². The minimum atomic E-state index is -0.781. The van der Waals surface area contributed by atoms with Gasteiger partial charge in [0.1, 0.15) is 18.8 Å². The molecule has 0 unspecified atom stereocenters. The molecule has 0 aromatic heterocycles. The van der Waals surface area contributed by atoms with Crippen LogP contribution in [0.3, 0.4) is 0 Å². The average molecular weight is 420 g/mol. The summed E-state index contributed by atoms with van der Waals surface area (Å²) in [5, 5.41) is 19.5. The van der Waals surface area contributed by atoms with Gasteiger partial charge in [0.15, 0.2) is 0 Å². The van der Waals surface area contributed by atoms with Crippen molar-refractivity contribution in [1.29, 1.82) is 0 Å². The van der Waals surface area contributed by atoms with Crippen LogP contribution in [0.2, 0.25) is 0 Å². The van der Waals surface area contributed by atoms with Crippen LogP contribution in [0.1, 0.15) is 33.6 Å². The van der Waals surface area contributed by atoms with Gasteiger partial charge in [-0.25, -0.2) is 9.59 Å². The summed E-state index contributed by atoms with van der Waals surface area (Å²) in [5.41, 5.74) is 1.66. The van der Waals surface area contributed by atoms with Crippen LogP contribution in [0.25, 0.3) is 0 Å². The third kappa shape index (κ3) is 5.90. The zero-order chi connectivity index (χ0) is 22.4. The van der Waals surface area contributed by atoms with Crippen LogP contribution in [0.4, 0.5) is 0 Å². The molecule has 8 heteroatoms. The predicted octanol–water partition coefficient (Wildman–Crippen LogP) is 1.53. The standard InChI is InChI=1S/C22H28O8/c1-12-5-6-17(25)13(2)10-19-20(14(3)21(26)29-19)18(9-12)30-22(27)16(7-8-23)11-28-15(4)24/h5,7,10,17-20,23,25H,3,6,8-9,11H2,1-2,4H3/b12-5+,13-10+,16-7+/t17-,18-,19-,20-/m1/s1.